The second-order valence-electron chi connectivity index (χ2n) is 7.60. The highest BCUT2D eigenvalue weighted by Crippen LogP contribution is 2.31. The number of phenolic OH excluding ortho intramolecular Hbond substituents is 1. The summed E-state index contributed by atoms with van der Waals surface area (Å²) in [6, 6.07) is 2.64. The number of hydrogen-bond acceptors (Lipinski definition) is 9. The van der Waals surface area contributed by atoms with E-state index in [0.717, 1.165) is 0 Å². The lowest BCUT2D eigenvalue weighted by Gasteiger charge is -2.22. The first kappa shape index (κ1) is 24.8. The summed E-state index contributed by atoms with van der Waals surface area (Å²) < 4.78 is 10.8. The van der Waals surface area contributed by atoms with Crippen molar-refractivity contribution in [1.82, 2.24) is 0 Å². The van der Waals surface area contributed by atoms with Gasteiger partial charge in [-0.2, -0.15) is 0 Å². The highest BCUT2D eigenvalue weighted by Gasteiger charge is 2.25. The maximum Gasteiger partial charge on any atom is 0.342 e. The van der Waals surface area contributed by atoms with Crippen molar-refractivity contribution in [3.63, 3.8) is 0 Å². The summed E-state index contributed by atoms with van der Waals surface area (Å²) in [5.41, 5.74) is 0.120. The van der Waals surface area contributed by atoms with E-state index in [0.29, 0.717) is 0 Å². The van der Waals surface area contributed by atoms with Crippen molar-refractivity contribution in [3.8, 4) is 11.5 Å². The van der Waals surface area contributed by atoms with E-state index in [4.69, 9.17) is 14.6 Å². The van der Waals surface area contributed by atoms with E-state index >= 15 is 0 Å². The number of rotatable bonds is 4. The van der Waals surface area contributed by atoms with Gasteiger partial charge in [0.05, 0.1) is 12.7 Å². The molecule has 9 heteroatoms. The molecule has 5 unspecified atom stereocenters. The number of carbonyl (C=O) groups excluding carboxylic acids is 1. The van der Waals surface area contributed by atoms with Crippen molar-refractivity contribution in [2.24, 2.45) is 5.92 Å². The van der Waals surface area contributed by atoms with Gasteiger partial charge in [0.2, 0.25) is 0 Å². The number of fused-ring (bicyclic) bond motifs is 1. The first-order chi connectivity index (χ1) is 14.6. The molecule has 6 atom stereocenters. The summed E-state index contributed by atoms with van der Waals surface area (Å²) in [4.78, 5) is 12.8. The molecule has 0 saturated carbocycles. The van der Waals surface area contributed by atoms with Crippen LogP contribution in [0.4, 0.5) is 0 Å². The number of phenols is 1. The number of aromatic hydroxyl groups is 1. The summed E-state index contributed by atoms with van der Waals surface area (Å²) >= 11 is 0. The quantitative estimate of drug-likeness (QED) is 0.288. The van der Waals surface area contributed by atoms with E-state index in [-0.39, 0.29) is 35.8 Å². The third kappa shape index (κ3) is 6.78. The third-order valence-electron chi connectivity index (χ3n) is 5.04. The number of cyclic esters (lactones) is 1. The molecule has 0 aromatic heterocycles. The van der Waals surface area contributed by atoms with Gasteiger partial charge in [0, 0.05) is 12.0 Å². The smallest absolute Gasteiger partial charge is 0.342 e. The number of ether oxygens (including phenoxy) is 2. The van der Waals surface area contributed by atoms with Gasteiger partial charge in [-0.1, -0.05) is 31.2 Å². The van der Waals surface area contributed by atoms with Crippen LogP contribution in [0.2, 0.25) is 0 Å². The molecule has 1 aromatic rings. The van der Waals surface area contributed by atoms with Crippen molar-refractivity contribution >= 4 is 12.0 Å². The number of hydrogen-bond donors (Lipinski definition) is 6. The molecule has 6 N–H and O–H groups in total. The van der Waals surface area contributed by atoms with E-state index in [1.165, 1.54) is 30.4 Å². The fourth-order valence-electron chi connectivity index (χ4n) is 2.90. The largest absolute Gasteiger partial charge is 0.507 e. The molecule has 0 radical (unpaired) electrons. The second-order valence-corrected chi connectivity index (χ2v) is 7.60. The lowest BCUT2D eigenvalue weighted by molar-refractivity contribution is -0.0395. The van der Waals surface area contributed by atoms with Gasteiger partial charge < -0.3 is 40.1 Å². The maximum absolute atomic E-state index is 12.8. The Morgan fingerprint density at radius 1 is 1.19 bits per heavy atom. The van der Waals surface area contributed by atoms with Crippen LogP contribution in [0, 0.1) is 5.92 Å². The van der Waals surface area contributed by atoms with E-state index in [2.05, 4.69) is 0 Å². The van der Waals surface area contributed by atoms with Crippen molar-refractivity contribution in [2.45, 2.75) is 50.8 Å². The fourth-order valence-corrected chi connectivity index (χ4v) is 2.90. The third-order valence-corrected chi connectivity index (χ3v) is 5.04. The van der Waals surface area contributed by atoms with Crippen LogP contribution < -0.4 is 4.74 Å². The highest BCUT2D eigenvalue weighted by molar-refractivity contribution is 5.97. The molecule has 1 heterocycles. The predicted octanol–water partition coefficient (Wildman–Crippen LogP) is 0.361. The van der Waals surface area contributed by atoms with Crippen LogP contribution in [0.15, 0.2) is 30.4 Å². The van der Waals surface area contributed by atoms with E-state index in [1.807, 2.05) is 0 Å². The lowest BCUT2D eigenvalue weighted by Crippen LogP contribution is -2.36. The molecule has 1 aromatic carbocycles. The zero-order chi connectivity index (χ0) is 23.1. The molecule has 0 saturated heterocycles. The molecule has 172 valence electrons. The SMILES string of the molecule is CC1OC(=O)c2c(O)cc(OCC(O)CO)cc2/C=C/CC(O)C(O)C(O)/C=C\[C@H]1C. The Bertz CT molecular complexity index is 804. The number of aliphatic hydroxyl groups excluding tert-OH is 5. The minimum Gasteiger partial charge on any atom is -0.507 e. The van der Waals surface area contributed by atoms with Crippen LogP contribution in [0.3, 0.4) is 0 Å². The number of benzene rings is 1. The van der Waals surface area contributed by atoms with Crippen LogP contribution >= 0.6 is 0 Å². The number of carbonyl (C=O) groups is 1. The first-order valence-electron chi connectivity index (χ1n) is 10.0. The summed E-state index contributed by atoms with van der Waals surface area (Å²) in [6.07, 6.45) is 0.0730. The second kappa shape index (κ2) is 11.3. The highest BCUT2D eigenvalue weighted by atomic mass is 16.5. The van der Waals surface area contributed by atoms with Crippen molar-refractivity contribution < 1.29 is 44.9 Å². The Hall–Kier alpha value is -2.43. The molecular weight excluding hydrogens is 408 g/mol. The van der Waals surface area contributed by atoms with E-state index in [9.17, 15) is 30.3 Å². The lowest BCUT2D eigenvalue weighted by atomic mass is 9.99. The Balaban J connectivity index is 2.43. The molecule has 9 nitrogen and oxygen atoms in total. The molecular formula is C22H30O9. The Labute approximate surface area is 180 Å². The predicted molar refractivity (Wildman–Crippen MR) is 112 cm³/mol. The summed E-state index contributed by atoms with van der Waals surface area (Å²) in [7, 11) is 0. The van der Waals surface area contributed by atoms with Gasteiger partial charge in [-0.3, -0.25) is 0 Å². The Morgan fingerprint density at radius 2 is 1.90 bits per heavy atom. The molecule has 2 rings (SSSR count). The zero-order valence-electron chi connectivity index (χ0n) is 17.5. The fraction of sp³-hybridized carbons (Fsp3) is 0.500. The molecule has 0 bridgehead atoms. The van der Waals surface area contributed by atoms with E-state index in [1.54, 1.807) is 19.9 Å². The van der Waals surface area contributed by atoms with Crippen LogP contribution in [0.25, 0.3) is 6.08 Å². The average molecular weight is 438 g/mol. The topological polar surface area (TPSA) is 157 Å². The van der Waals surface area contributed by atoms with Gasteiger partial charge in [0.25, 0.3) is 0 Å². The van der Waals surface area contributed by atoms with Crippen LogP contribution in [0.1, 0.15) is 36.2 Å². The summed E-state index contributed by atoms with van der Waals surface area (Å²) in [5, 5.41) is 59.1. The van der Waals surface area contributed by atoms with Gasteiger partial charge in [-0.25, -0.2) is 4.79 Å². The minimum atomic E-state index is -1.42. The monoisotopic (exact) mass is 438 g/mol. The number of esters is 1. The van der Waals surface area contributed by atoms with Gasteiger partial charge in [-0.05, 0) is 25.0 Å². The molecule has 0 aliphatic carbocycles. The van der Waals surface area contributed by atoms with E-state index < -0.39 is 48.8 Å². The van der Waals surface area contributed by atoms with Gasteiger partial charge in [0.1, 0.15) is 48.1 Å². The summed E-state index contributed by atoms with van der Waals surface area (Å²) in [6.45, 7) is 2.67. The van der Waals surface area contributed by atoms with Crippen molar-refractivity contribution in [3.05, 3.63) is 41.5 Å². The minimum absolute atomic E-state index is 0.0401. The Morgan fingerprint density at radius 3 is 2.58 bits per heavy atom. The Kier molecular flexibility index (Phi) is 9.02. The molecule has 0 amide bonds. The molecule has 0 spiro atoms. The molecule has 0 fully saturated rings. The molecule has 1 aliphatic rings. The van der Waals surface area contributed by atoms with Crippen molar-refractivity contribution in [1.29, 1.82) is 0 Å². The van der Waals surface area contributed by atoms with Gasteiger partial charge >= 0.3 is 5.97 Å². The molecule has 1 aliphatic heterocycles. The normalized spacial score (nSPS) is 30.4. The van der Waals surface area contributed by atoms with Gasteiger partial charge in [-0.15, -0.1) is 0 Å². The van der Waals surface area contributed by atoms with Gasteiger partial charge in [0.15, 0.2) is 0 Å². The van der Waals surface area contributed by atoms with Crippen LogP contribution in [-0.4, -0.2) is 80.3 Å². The van der Waals surface area contributed by atoms with Crippen molar-refractivity contribution in [2.75, 3.05) is 13.2 Å². The zero-order valence-corrected chi connectivity index (χ0v) is 17.5. The van der Waals surface area contributed by atoms with Crippen LogP contribution in [0.5, 0.6) is 11.5 Å². The average Bonchev–Trinajstić information content (AvgIpc) is 2.73. The maximum atomic E-state index is 12.8. The first-order valence-corrected chi connectivity index (χ1v) is 10.0. The molecule has 31 heavy (non-hydrogen) atoms. The standard InChI is InChI=1S/C22H30O9/c1-12-6-7-18(26)21(28)17(25)5-3-4-14-8-16(30-11-15(24)10-23)9-19(27)20(14)22(29)31-13(12)2/h3-4,6-9,12-13,15,17-18,21,23-28H,5,10-11H2,1-2H3/b4-3+,7-6-/t12-,13?,15?,17?,18?,21?/m1/s1. The van der Waals surface area contributed by atoms with Crippen LogP contribution in [-0.2, 0) is 4.74 Å². The number of aliphatic hydroxyl groups is 5. The summed E-state index contributed by atoms with van der Waals surface area (Å²) in [5.74, 6) is -1.36.